The van der Waals surface area contributed by atoms with E-state index in [-0.39, 0.29) is 32.1 Å². The summed E-state index contributed by atoms with van der Waals surface area (Å²) in [4.78, 5) is 13.8. The molecule has 1 unspecified atom stereocenters. The number of hydrogen-bond donors (Lipinski definition) is 2. The Morgan fingerprint density at radius 1 is 1.11 bits per heavy atom. The molecule has 1 aromatic carbocycles. The summed E-state index contributed by atoms with van der Waals surface area (Å²) in [5.41, 5.74) is 1.51. The minimum Gasteiger partial charge on any atom is -0.495 e. The molecule has 9 heteroatoms. The molecule has 3 fully saturated rings. The molecule has 188 valence electrons. The molecule has 5 rings (SSSR count). The fourth-order valence-corrected chi connectivity index (χ4v) is 5.02. The van der Waals surface area contributed by atoms with Gasteiger partial charge in [-0.05, 0) is 63.9 Å². The molecule has 1 aromatic heterocycles. The Kier molecular flexibility index (Phi) is 7.21. The minimum atomic E-state index is -2.62. The number of anilines is 2. The maximum atomic E-state index is 13.8. The molecule has 4 heterocycles. The van der Waals surface area contributed by atoms with Crippen LogP contribution >= 0.6 is 0 Å². The van der Waals surface area contributed by atoms with Crippen molar-refractivity contribution in [1.29, 1.82) is 0 Å². The molecule has 0 amide bonds. The second-order valence-corrected chi connectivity index (χ2v) is 9.72. The van der Waals surface area contributed by atoms with Gasteiger partial charge in [0.25, 0.3) is 5.92 Å². The summed E-state index contributed by atoms with van der Waals surface area (Å²) in [6.07, 6.45) is 5.49. The van der Waals surface area contributed by atoms with Gasteiger partial charge in [-0.25, -0.2) is 13.8 Å². The first-order valence-corrected chi connectivity index (χ1v) is 12.7. The van der Waals surface area contributed by atoms with Crippen molar-refractivity contribution in [2.45, 2.75) is 57.0 Å². The molecule has 3 aliphatic rings. The number of rotatable bonds is 5. The number of aromatic nitrogens is 2. The number of piperidine rings is 2. The van der Waals surface area contributed by atoms with Crippen molar-refractivity contribution < 1.29 is 13.5 Å². The Morgan fingerprint density at radius 3 is 2.63 bits per heavy atom. The van der Waals surface area contributed by atoms with Gasteiger partial charge in [-0.3, -0.25) is 10.2 Å². The highest BCUT2D eigenvalue weighted by atomic mass is 19.3. The van der Waals surface area contributed by atoms with E-state index in [0.717, 1.165) is 61.9 Å². The second kappa shape index (κ2) is 10.5. The first-order chi connectivity index (χ1) is 17.0. The normalized spacial score (nSPS) is 22.6. The van der Waals surface area contributed by atoms with E-state index in [1.54, 1.807) is 7.11 Å². The van der Waals surface area contributed by atoms with E-state index in [9.17, 15) is 8.78 Å². The zero-order valence-corrected chi connectivity index (χ0v) is 20.4. The number of alkyl halides is 2. The van der Waals surface area contributed by atoms with Crippen LogP contribution in [-0.2, 0) is 0 Å². The molecule has 2 N–H and O–H groups in total. The number of fused-ring (bicyclic) bond motifs is 1. The van der Waals surface area contributed by atoms with Crippen molar-refractivity contribution in [3.8, 4) is 17.6 Å². The van der Waals surface area contributed by atoms with E-state index in [2.05, 4.69) is 27.4 Å². The lowest BCUT2D eigenvalue weighted by atomic mass is 10.1. The van der Waals surface area contributed by atoms with Gasteiger partial charge in [0.05, 0.1) is 30.9 Å². The molecule has 1 atom stereocenters. The number of ether oxygens (including phenoxy) is 1. The van der Waals surface area contributed by atoms with Crippen molar-refractivity contribution in [2.24, 2.45) is 0 Å². The lowest BCUT2D eigenvalue weighted by Crippen LogP contribution is -2.41. The van der Waals surface area contributed by atoms with E-state index in [1.165, 1.54) is 12.8 Å². The van der Waals surface area contributed by atoms with Gasteiger partial charge in [0.15, 0.2) is 0 Å². The third-order valence-electron chi connectivity index (χ3n) is 7.13. The van der Waals surface area contributed by atoms with Gasteiger partial charge in [0.2, 0.25) is 5.95 Å². The highest BCUT2D eigenvalue weighted by molar-refractivity contribution is 5.92. The molecule has 2 aromatic rings. The Hall–Kier alpha value is -2.70. The number of hydrogen-bond acceptors (Lipinski definition) is 7. The molecule has 0 bridgehead atoms. The van der Waals surface area contributed by atoms with Crippen LogP contribution in [0.15, 0.2) is 12.1 Å². The summed E-state index contributed by atoms with van der Waals surface area (Å²) in [6, 6.07) is 3.88. The van der Waals surface area contributed by atoms with Crippen molar-refractivity contribution in [3.05, 3.63) is 17.7 Å². The molecular weight excluding hydrogens is 450 g/mol. The maximum Gasteiger partial charge on any atom is 0.251 e. The monoisotopic (exact) mass is 484 g/mol. The van der Waals surface area contributed by atoms with Crippen LogP contribution in [0.1, 0.15) is 50.5 Å². The smallest absolute Gasteiger partial charge is 0.251 e. The van der Waals surface area contributed by atoms with E-state index < -0.39 is 5.92 Å². The molecule has 3 aliphatic heterocycles. The van der Waals surface area contributed by atoms with E-state index in [0.29, 0.717) is 17.5 Å². The lowest BCUT2D eigenvalue weighted by molar-refractivity contribution is -0.0222. The summed E-state index contributed by atoms with van der Waals surface area (Å²) in [5, 5.41) is 7.87. The molecule has 0 radical (unpaired) electrons. The second-order valence-electron chi connectivity index (χ2n) is 9.72. The van der Waals surface area contributed by atoms with Gasteiger partial charge in [-0.1, -0.05) is 11.8 Å². The maximum absolute atomic E-state index is 13.8. The van der Waals surface area contributed by atoms with Crippen molar-refractivity contribution >= 4 is 22.7 Å². The minimum absolute atomic E-state index is 0.103. The zero-order valence-electron chi connectivity index (χ0n) is 20.4. The van der Waals surface area contributed by atoms with Gasteiger partial charge >= 0.3 is 0 Å². The van der Waals surface area contributed by atoms with Gasteiger partial charge in [-0.15, -0.1) is 0 Å². The predicted octanol–water partition coefficient (Wildman–Crippen LogP) is 3.83. The Bertz CT molecular complexity index is 1090. The fourth-order valence-electron chi connectivity index (χ4n) is 5.02. The quantitative estimate of drug-likeness (QED) is 0.626. The fraction of sp³-hybridized carbons (Fsp3) is 0.615. The first-order valence-electron chi connectivity index (χ1n) is 12.7. The molecule has 0 aliphatic carbocycles. The molecule has 7 nitrogen and oxygen atoms in total. The van der Waals surface area contributed by atoms with Crippen LogP contribution in [-0.4, -0.2) is 73.3 Å². The Balaban J connectivity index is 1.50. The van der Waals surface area contributed by atoms with Crippen molar-refractivity contribution in [2.75, 3.05) is 56.6 Å². The number of nitrogens with one attached hydrogen (secondary N) is 2. The van der Waals surface area contributed by atoms with Crippen LogP contribution in [0, 0.1) is 11.8 Å². The Morgan fingerprint density at radius 2 is 1.91 bits per heavy atom. The van der Waals surface area contributed by atoms with Gasteiger partial charge in [0.1, 0.15) is 11.6 Å². The SMILES string of the molecule is COc1cc2c(NC3CCCCN3)nc(N3CCC(F)(F)CC3)nc2cc1C#CCN1CCCC1. The first kappa shape index (κ1) is 24.0. The molecule has 3 saturated heterocycles. The van der Waals surface area contributed by atoms with Crippen LogP contribution in [0.4, 0.5) is 20.5 Å². The van der Waals surface area contributed by atoms with Crippen molar-refractivity contribution in [3.63, 3.8) is 0 Å². The van der Waals surface area contributed by atoms with Crippen molar-refractivity contribution in [1.82, 2.24) is 20.2 Å². The molecular formula is C26H34F2N6O. The largest absolute Gasteiger partial charge is 0.495 e. The average molecular weight is 485 g/mol. The third kappa shape index (κ3) is 5.76. The average Bonchev–Trinajstić information content (AvgIpc) is 3.38. The number of halogens is 2. The highest BCUT2D eigenvalue weighted by Crippen LogP contribution is 2.34. The van der Waals surface area contributed by atoms with Crippen LogP contribution in [0.2, 0.25) is 0 Å². The Labute approximate surface area is 205 Å². The molecule has 35 heavy (non-hydrogen) atoms. The van der Waals surface area contributed by atoms with Crippen LogP contribution in [0.3, 0.4) is 0 Å². The lowest BCUT2D eigenvalue weighted by Gasteiger charge is -2.32. The highest BCUT2D eigenvalue weighted by Gasteiger charge is 2.35. The summed E-state index contributed by atoms with van der Waals surface area (Å²) < 4.78 is 33.2. The van der Waals surface area contributed by atoms with E-state index >= 15 is 0 Å². The number of likely N-dealkylation sites (tertiary alicyclic amines) is 1. The predicted molar refractivity (Wildman–Crippen MR) is 134 cm³/mol. The standard InChI is InChI=1S/C26H34F2N6O/c1-35-22-18-20-21(17-19(22)7-6-14-33-12-4-5-13-33)30-25(34-15-9-26(27,28)10-16-34)32-24(20)31-23-8-2-3-11-29-23/h17-18,23,29H,2-5,8-16H2,1H3,(H,30,31,32). The zero-order chi connectivity index (χ0) is 24.3. The van der Waals surface area contributed by atoms with Gasteiger partial charge in [0, 0.05) is 31.3 Å². The number of methoxy groups -OCH3 is 1. The molecule has 0 saturated carbocycles. The van der Waals surface area contributed by atoms with Gasteiger partial charge < -0.3 is 15.0 Å². The van der Waals surface area contributed by atoms with Crippen LogP contribution in [0.5, 0.6) is 5.75 Å². The van der Waals surface area contributed by atoms with Crippen LogP contribution in [0.25, 0.3) is 10.9 Å². The number of benzene rings is 1. The van der Waals surface area contributed by atoms with Crippen LogP contribution < -0.4 is 20.3 Å². The summed E-state index contributed by atoms with van der Waals surface area (Å²) in [7, 11) is 1.64. The molecule has 0 spiro atoms. The van der Waals surface area contributed by atoms with E-state index in [1.807, 2.05) is 17.0 Å². The number of nitrogens with zero attached hydrogens (tertiary/aromatic N) is 4. The van der Waals surface area contributed by atoms with E-state index in [4.69, 9.17) is 14.7 Å². The van der Waals surface area contributed by atoms with Gasteiger partial charge in [-0.2, -0.15) is 4.98 Å². The third-order valence-corrected chi connectivity index (χ3v) is 7.13. The summed E-state index contributed by atoms with van der Waals surface area (Å²) in [5.74, 6) is 5.79. The summed E-state index contributed by atoms with van der Waals surface area (Å²) in [6.45, 7) is 4.35. The summed E-state index contributed by atoms with van der Waals surface area (Å²) >= 11 is 0. The topological polar surface area (TPSA) is 65.5 Å².